The third kappa shape index (κ3) is 5.74. The summed E-state index contributed by atoms with van der Waals surface area (Å²) < 4.78 is 0. The zero-order valence-corrected chi connectivity index (χ0v) is 36.3. The van der Waals surface area contributed by atoms with Crippen LogP contribution in [0.3, 0.4) is 0 Å². The highest BCUT2D eigenvalue weighted by Gasteiger charge is 2.39. The molecular formula is C60H51N. The maximum Gasteiger partial charge on any atom is 0.0546 e. The van der Waals surface area contributed by atoms with Crippen LogP contribution in [0.4, 0.5) is 17.1 Å². The minimum Gasteiger partial charge on any atom is -0.310 e. The molecule has 0 N–H and O–H groups in total. The van der Waals surface area contributed by atoms with Gasteiger partial charge in [-0.15, -0.1) is 0 Å². The predicted molar refractivity (Wildman–Crippen MR) is 261 cm³/mol. The summed E-state index contributed by atoms with van der Waals surface area (Å²) in [5.74, 6) is 0. The SMILES string of the molecule is CC(C)(C)c1ccc(-c2ccc(N(c3ccc4c(c3)-c3cc5ccccc5cc3C4(C)C)c3ccc4ccccc4c3-c3cccc4c3-c3ccccc3C4(C)C)cc2)cc1. The first-order chi connectivity index (χ1) is 29.4. The summed E-state index contributed by atoms with van der Waals surface area (Å²) in [5, 5.41) is 5.04. The van der Waals surface area contributed by atoms with Gasteiger partial charge in [-0.2, -0.15) is 0 Å². The number of hydrogen-bond acceptors (Lipinski definition) is 1. The lowest BCUT2D eigenvalue weighted by Crippen LogP contribution is -2.16. The zero-order chi connectivity index (χ0) is 41.8. The van der Waals surface area contributed by atoms with Gasteiger partial charge in [0.15, 0.2) is 0 Å². The molecule has 9 aromatic rings. The number of benzene rings is 9. The van der Waals surface area contributed by atoms with E-state index >= 15 is 0 Å². The van der Waals surface area contributed by atoms with Crippen LogP contribution in [0.5, 0.6) is 0 Å². The van der Waals surface area contributed by atoms with Crippen molar-refractivity contribution >= 4 is 38.6 Å². The number of rotatable bonds is 5. The van der Waals surface area contributed by atoms with Gasteiger partial charge in [0.2, 0.25) is 0 Å². The summed E-state index contributed by atoms with van der Waals surface area (Å²) in [6.07, 6.45) is 0. The van der Waals surface area contributed by atoms with Crippen LogP contribution in [0.1, 0.15) is 76.3 Å². The molecule has 1 heteroatoms. The molecule has 0 heterocycles. The van der Waals surface area contributed by atoms with Gasteiger partial charge in [-0.05, 0) is 136 Å². The Morgan fingerprint density at radius 1 is 0.377 bits per heavy atom. The topological polar surface area (TPSA) is 3.24 Å². The highest BCUT2D eigenvalue weighted by molar-refractivity contribution is 6.10. The average Bonchev–Trinajstić information content (AvgIpc) is 3.64. The van der Waals surface area contributed by atoms with Crippen LogP contribution >= 0.6 is 0 Å². The van der Waals surface area contributed by atoms with Crippen molar-refractivity contribution in [2.24, 2.45) is 0 Å². The Morgan fingerprint density at radius 3 is 1.67 bits per heavy atom. The Hall–Kier alpha value is -6.70. The van der Waals surface area contributed by atoms with Crippen LogP contribution in [0.2, 0.25) is 0 Å². The van der Waals surface area contributed by atoms with E-state index in [9.17, 15) is 0 Å². The molecule has 0 bridgehead atoms. The zero-order valence-electron chi connectivity index (χ0n) is 36.3. The molecule has 0 amide bonds. The summed E-state index contributed by atoms with van der Waals surface area (Å²) in [7, 11) is 0. The Labute approximate surface area is 361 Å². The second kappa shape index (κ2) is 13.4. The van der Waals surface area contributed by atoms with Crippen molar-refractivity contribution in [2.45, 2.75) is 64.7 Å². The molecule has 0 fully saturated rings. The third-order valence-corrected chi connectivity index (χ3v) is 14.0. The number of hydrogen-bond donors (Lipinski definition) is 0. The van der Waals surface area contributed by atoms with Gasteiger partial charge >= 0.3 is 0 Å². The van der Waals surface area contributed by atoms with Gasteiger partial charge in [0.1, 0.15) is 0 Å². The Morgan fingerprint density at radius 2 is 0.934 bits per heavy atom. The molecule has 0 atom stereocenters. The minimum absolute atomic E-state index is 0.107. The molecule has 2 aliphatic rings. The number of fused-ring (bicyclic) bond motifs is 8. The summed E-state index contributed by atoms with van der Waals surface area (Å²) in [6.45, 7) is 16.3. The molecule has 0 aromatic heterocycles. The fraction of sp³-hybridized carbons (Fsp3) is 0.167. The van der Waals surface area contributed by atoms with Crippen molar-refractivity contribution in [2.75, 3.05) is 4.90 Å². The highest BCUT2D eigenvalue weighted by Crippen LogP contribution is 2.56. The van der Waals surface area contributed by atoms with Crippen molar-refractivity contribution in [3.8, 4) is 44.5 Å². The Kier molecular flexibility index (Phi) is 8.20. The van der Waals surface area contributed by atoms with Gasteiger partial charge in [-0.3, -0.25) is 0 Å². The Balaban J connectivity index is 1.16. The molecule has 11 rings (SSSR count). The van der Waals surface area contributed by atoms with E-state index in [1.807, 2.05) is 0 Å². The van der Waals surface area contributed by atoms with Crippen molar-refractivity contribution in [3.63, 3.8) is 0 Å². The van der Waals surface area contributed by atoms with Crippen molar-refractivity contribution in [3.05, 3.63) is 210 Å². The summed E-state index contributed by atoms with van der Waals surface area (Å²) in [4.78, 5) is 2.52. The van der Waals surface area contributed by atoms with Gasteiger partial charge < -0.3 is 4.90 Å². The molecule has 0 unspecified atom stereocenters. The van der Waals surface area contributed by atoms with E-state index in [0.717, 1.165) is 17.1 Å². The van der Waals surface area contributed by atoms with E-state index in [0.29, 0.717) is 0 Å². The van der Waals surface area contributed by atoms with Gasteiger partial charge in [0, 0.05) is 27.8 Å². The maximum absolute atomic E-state index is 2.52. The quantitative estimate of drug-likeness (QED) is 0.168. The molecular weight excluding hydrogens is 735 g/mol. The minimum atomic E-state index is -0.124. The number of nitrogens with zero attached hydrogens (tertiary/aromatic N) is 1. The summed E-state index contributed by atoms with van der Waals surface area (Å²) in [6, 6.07) is 68.8. The van der Waals surface area contributed by atoms with Crippen LogP contribution in [-0.4, -0.2) is 0 Å². The molecule has 9 aromatic carbocycles. The summed E-state index contributed by atoms with van der Waals surface area (Å²) >= 11 is 0. The first-order valence-corrected chi connectivity index (χ1v) is 21.8. The van der Waals surface area contributed by atoms with Crippen molar-refractivity contribution < 1.29 is 0 Å². The normalized spacial score (nSPS) is 14.4. The fourth-order valence-corrected chi connectivity index (χ4v) is 10.6. The van der Waals surface area contributed by atoms with Gasteiger partial charge in [0.05, 0.1) is 5.69 Å². The Bertz CT molecular complexity index is 3210. The molecule has 0 spiro atoms. The van der Waals surface area contributed by atoms with Gasteiger partial charge in [-0.1, -0.05) is 188 Å². The summed E-state index contributed by atoms with van der Waals surface area (Å²) in [5.41, 5.74) is 20.4. The smallest absolute Gasteiger partial charge is 0.0546 e. The van der Waals surface area contributed by atoms with E-state index in [2.05, 4.69) is 235 Å². The monoisotopic (exact) mass is 785 g/mol. The van der Waals surface area contributed by atoms with Crippen molar-refractivity contribution in [1.29, 1.82) is 0 Å². The molecule has 61 heavy (non-hydrogen) atoms. The standard InChI is InChI=1S/C60H51N/c1-58(2,3)43-28-23-38(24-29-43)39-25-30-44(31-26-39)61(45-32-33-52-50(37-45)49-35-41-16-8-9-17-42(41)36-54(49)60(52,6)7)55-34-27-40-15-10-11-18-46(40)57(55)48-20-14-22-53-56(48)47-19-12-13-21-51(47)59(53,4)5/h8-37H,1-7H3. The lowest BCUT2D eigenvalue weighted by molar-refractivity contribution is 0.590. The molecule has 2 aliphatic carbocycles. The molecule has 296 valence electrons. The van der Waals surface area contributed by atoms with Gasteiger partial charge in [-0.25, -0.2) is 0 Å². The number of anilines is 3. The third-order valence-electron chi connectivity index (χ3n) is 14.0. The van der Waals surface area contributed by atoms with Crippen molar-refractivity contribution in [1.82, 2.24) is 0 Å². The second-order valence-electron chi connectivity index (χ2n) is 19.4. The van der Waals surface area contributed by atoms with E-state index in [1.54, 1.807) is 0 Å². The largest absolute Gasteiger partial charge is 0.310 e. The lowest BCUT2D eigenvalue weighted by Gasteiger charge is -2.30. The second-order valence-corrected chi connectivity index (χ2v) is 19.4. The van der Waals surface area contributed by atoms with E-state index < -0.39 is 0 Å². The van der Waals surface area contributed by atoms with Crippen LogP contribution in [0, 0.1) is 0 Å². The van der Waals surface area contributed by atoms with E-state index in [4.69, 9.17) is 0 Å². The first-order valence-electron chi connectivity index (χ1n) is 21.8. The average molecular weight is 786 g/mol. The molecule has 0 aliphatic heterocycles. The van der Waals surface area contributed by atoms with E-state index in [-0.39, 0.29) is 16.2 Å². The van der Waals surface area contributed by atoms with Crippen LogP contribution in [-0.2, 0) is 16.2 Å². The van der Waals surface area contributed by atoms with E-state index in [1.165, 1.54) is 93.9 Å². The first kappa shape index (κ1) is 37.3. The highest BCUT2D eigenvalue weighted by atomic mass is 15.1. The van der Waals surface area contributed by atoms with Gasteiger partial charge in [0.25, 0.3) is 0 Å². The molecule has 0 radical (unpaired) electrons. The molecule has 0 saturated heterocycles. The lowest BCUT2D eigenvalue weighted by atomic mass is 9.81. The van der Waals surface area contributed by atoms with Crippen LogP contribution < -0.4 is 4.90 Å². The predicted octanol–water partition coefficient (Wildman–Crippen LogP) is 16.7. The van der Waals surface area contributed by atoms with Crippen LogP contribution in [0.25, 0.3) is 66.1 Å². The molecule has 0 saturated carbocycles. The van der Waals surface area contributed by atoms with Crippen LogP contribution in [0.15, 0.2) is 182 Å². The maximum atomic E-state index is 2.52. The molecule has 1 nitrogen and oxygen atoms in total. The fourth-order valence-electron chi connectivity index (χ4n) is 10.6.